The van der Waals surface area contributed by atoms with E-state index in [1.54, 1.807) is 12.3 Å². The molecule has 1 atom stereocenters. The molecule has 0 saturated carbocycles. The Morgan fingerprint density at radius 1 is 1.44 bits per heavy atom. The summed E-state index contributed by atoms with van der Waals surface area (Å²) in [6.07, 6.45) is 2.71. The SMILES string of the molecule is CCC(C)NC(=O)Cn1ccc2cc(F)ccc21. The van der Waals surface area contributed by atoms with Gasteiger partial charge in [-0.1, -0.05) is 6.92 Å². The van der Waals surface area contributed by atoms with Crippen molar-refractivity contribution in [2.24, 2.45) is 0 Å². The van der Waals surface area contributed by atoms with E-state index in [1.807, 2.05) is 24.5 Å². The van der Waals surface area contributed by atoms with Crippen LogP contribution in [-0.2, 0) is 11.3 Å². The van der Waals surface area contributed by atoms with Crippen LogP contribution < -0.4 is 5.32 Å². The van der Waals surface area contributed by atoms with Gasteiger partial charge in [-0.25, -0.2) is 4.39 Å². The first-order valence-electron chi connectivity index (χ1n) is 6.14. The van der Waals surface area contributed by atoms with Crippen LogP contribution in [0.2, 0.25) is 0 Å². The Bertz CT molecular complexity index is 562. The van der Waals surface area contributed by atoms with Gasteiger partial charge in [0, 0.05) is 23.1 Å². The van der Waals surface area contributed by atoms with Crippen molar-refractivity contribution in [3.05, 3.63) is 36.3 Å². The fraction of sp³-hybridized carbons (Fsp3) is 0.357. The quantitative estimate of drug-likeness (QED) is 0.886. The van der Waals surface area contributed by atoms with E-state index in [0.29, 0.717) is 0 Å². The van der Waals surface area contributed by atoms with Gasteiger partial charge < -0.3 is 9.88 Å². The summed E-state index contributed by atoms with van der Waals surface area (Å²) in [7, 11) is 0. The molecule has 0 bridgehead atoms. The van der Waals surface area contributed by atoms with E-state index in [1.165, 1.54) is 12.1 Å². The Morgan fingerprint density at radius 2 is 2.22 bits per heavy atom. The minimum absolute atomic E-state index is 0.0221. The normalized spacial score (nSPS) is 12.6. The molecule has 0 saturated heterocycles. The third kappa shape index (κ3) is 2.70. The standard InChI is InChI=1S/C14H17FN2O/c1-3-10(2)16-14(18)9-17-7-6-11-8-12(15)4-5-13(11)17/h4-8,10H,3,9H2,1-2H3,(H,16,18). The van der Waals surface area contributed by atoms with Crippen LogP contribution in [-0.4, -0.2) is 16.5 Å². The molecule has 1 unspecified atom stereocenters. The lowest BCUT2D eigenvalue weighted by molar-refractivity contribution is -0.122. The molecular formula is C14H17FN2O. The minimum atomic E-state index is -0.260. The maximum atomic E-state index is 13.0. The summed E-state index contributed by atoms with van der Waals surface area (Å²) in [6, 6.07) is 6.57. The molecule has 0 aliphatic carbocycles. The van der Waals surface area contributed by atoms with E-state index in [9.17, 15) is 9.18 Å². The largest absolute Gasteiger partial charge is 0.352 e. The molecule has 4 heteroatoms. The summed E-state index contributed by atoms with van der Waals surface area (Å²) in [6.45, 7) is 4.26. The van der Waals surface area contributed by atoms with Gasteiger partial charge in [-0.05, 0) is 37.6 Å². The van der Waals surface area contributed by atoms with E-state index >= 15 is 0 Å². The first kappa shape index (κ1) is 12.6. The van der Waals surface area contributed by atoms with Gasteiger partial charge >= 0.3 is 0 Å². The molecule has 1 heterocycles. The third-order valence-electron chi connectivity index (χ3n) is 3.07. The van der Waals surface area contributed by atoms with Gasteiger partial charge in [-0.15, -0.1) is 0 Å². The van der Waals surface area contributed by atoms with E-state index in [-0.39, 0.29) is 24.3 Å². The van der Waals surface area contributed by atoms with E-state index in [0.717, 1.165) is 17.3 Å². The van der Waals surface area contributed by atoms with Crippen LogP contribution in [0.1, 0.15) is 20.3 Å². The van der Waals surface area contributed by atoms with E-state index < -0.39 is 0 Å². The average molecular weight is 248 g/mol. The maximum Gasteiger partial charge on any atom is 0.240 e. The van der Waals surface area contributed by atoms with Crippen LogP contribution in [0.15, 0.2) is 30.5 Å². The van der Waals surface area contributed by atoms with E-state index in [4.69, 9.17) is 0 Å². The molecule has 96 valence electrons. The van der Waals surface area contributed by atoms with Crippen molar-refractivity contribution in [3.8, 4) is 0 Å². The smallest absolute Gasteiger partial charge is 0.240 e. The van der Waals surface area contributed by atoms with Crippen molar-refractivity contribution in [3.63, 3.8) is 0 Å². The van der Waals surface area contributed by atoms with Crippen molar-refractivity contribution >= 4 is 16.8 Å². The van der Waals surface area contributed by atoms with Crippen LogP contribution in [0.25, 0.3) is 10.9 Å². The van der Waals surface area contributed by atoms with Crippen LogP contribution in [0.3, 0.4) is 0 Å². The molecule has 1 amide bonds. The topological polar surface area (TPSA) is 34.0 Å². The average Bonchev–Trinajstić information content (AvgIpc) is 2.71. The molecule has 1 N–H and O–H groups in total. The predicted octanol–water partition coefficient (Wildman–Crippen LogP) is 2.70. The third-order valence-corrected chi connectivity index (χ3v) is 3.07. The molecule has 0 aliphatic rings. The fourth-order valence-electron chi connectivity index (χ4n) is 1.89. The number of rotatable bonds is 4. The molecule has 2 rings (SSSR count). The van der Waals surface area contributed by atoms with Crippen molar-refractivity contribution in [1.29, 1.82) is 0 Å². The lowest BCUT2D eigenvalue weighted by Gasteiger charge is -2.12. The van der Waals surface area contributed by atoms with Gasteiger partial charge in [0.25, 0.3) is 0 Å². The number of fused-ring (bicyclic) bond motifs is 1. The van der Waals surface area contributed by atoms with Gasteiger partial charge in [0.2, 0.25) is 5.91 Å². The Balaban J connectivity index is 2.15. The van der Waals surface area contributed by atoms with Crippen molar-refractivity contribution in [2.75, 3.05) is 0 Å². The Kier molecular flexibility index (Phi) is 3.65. The second-order valence-electron chi connectivity index (χ2n) is 4.52. The highest BCUT2D eigenvalue weighted by Crippen LogP contribution is 2.16. The number of carbonyl (C=O) groups excluding carboxylic acids is 1. The van der Waals surface area contributed by atoms with Gasteiger partial charge in [0.1, 0.15) is 12.4 Å². The van der Waals surface area contributed by atoms with Gasteiger partial charge in [-0.2, -0.15) is 0 Å². The molecule has 0 fully saturated rings. The number of amides is 1. The summed E-state index contributed by atoms with van der Waals surface area (Å²) < 4.78 is 14.9. The lowest BCUT2D eigenvalue weighted by Crippen LogP contribution is -2.34. The number of aromatic nitrogens is 1. The number of nitrogens with zero attached hydrogens (tertiary/aromatic N) is 1. The monoisotopic (exact) mass is 248 g/mol. The molecule has 3 nitrogen and oxygen atoms in total. The summed E-state index contributed by atoms with van der Waals surface area (Å²) in [5.74, 6) is -0.282. The highest BCUT2D eigenvalue weighted by molar-refractivity contribution is 5.83. The number of benzene rings is 1. The number of hydrogen-bond donors (Lipinski definition) is 1. The van der Waals surface area contributed by atoms with Gasteiger partial charge in [0.15, 0.2) is 0 Å². The molecule has 0 aliphatic heterocycles. The summed E-state index contributed by atoms with van der Waals surface area (Å²) in [4.78, 5) is 11.8. The Labute approximate surface area is 106 Å². The van der Waals surface area contributed by atoms with E-state index in [2.05, 4.69) is 5.32 Å². The summed E-state index contributed by atoms with van der Waals surface area (Å²) >= 11 is 0. The Hall–Kier alpha value is -1.84. The predicted molar refractivity (Wildman–Crippen MR) is 69.8 cm³/mol. The molecule has 2 aromatic rings. The highest BCUT2D eigenvalue weighted by atomic mass is 19.1. The number of nitrogens with one attached hydrogen (secondary N) is 1. The van der Waals surface area contributed by atoms with Crippen LogP contribution in [0, 0.1) is 5.82 Å². The first-order valence-corrected chi connectivity index (χ1v) is 6.14. The molecule has 1 aromatic carbocycles. The molecule has 0 radical (unpaired) electrons. The first-order chi connectivity index (χ1) is 8.60. The van der Waals surface area contributed by atoms with Gasteiger partial charge in [-0.3, -0.25) is 4.79 Å². The molecule has 18 heavy (non-hydrogen) atoms. The van der Waals surface area contributed by atoms with Gasteiger partial charge in [0.05, 0.1) is 0 Å². The van der Waals surface area contributed by atoms with Crippen LogP contribution in [0.5, 0.6) is 0 Å². The second-order valence-corrected chi connectivity index (χ2v) is 4.52. The minimum Gasteiger partial charge on any atom is -0.352 e. The zero-order valence-corrected chi connectivity index (χ0v) is 10.6. The van der Waals surface area contributed by atoms with Crippen molar-refractivity contribution in [1.82, 2.24) is 9.88 Å². The number of carbonyl (C=O) groups is 1. The zero-order valence-electron chi connectivity index (χ0n) is 10.6. The molecule has 0 spiro atoms. The summed E-state index contributed by atoms with van der Waals surface area (Å²) in [5.41, 5.74) is 0.871. The highest BCUT2D eigenvalue weighted by Gasteiger charge is 2.08. The van der Waals surface area contributed by atoms with Crippen molar-refractivity contribution < 1.29 is 9.18 Å². The number of hydrogen-bond acceptors (Lipinski definition) is 1. The van der Waals surface area contributed by atoms with Crippen molar-refractivity contribution in [2.45, 2.75) is 32.9 Å². The second kappa shape index (κ2) is 5.21. The van der Waals surface area contributed by atoms with Crippen LogP contribution >= 0.6 is 0 Å². The molecule has 1 aromatic heterocycles. The fourth-order valence-corrected chi connectivity index (χ4v) is 1.89. The number of halogens is 1. The van der Waals surface area contributed by atoms with Crippen LogP contribution in [0.4, 0.5) is 4.39 Å². The zero-order chi connectivity index (χ0) is 13.1. The molecular weight excluding hydrogens is 231 g/mol. The lowest BCUT2D eigenvalue weighted by atomic mass is 10.2. The summed E-state index contributed by atoms with van der Waals surface area (Å²) in [5, 5.41) is 3.72. The maximum absolute atomic E-state index is 13.0. The Morgan fingerprint density at radius 3 is 2.94 bits per heavy atom.